The first-order valence-corrected chi connectivity index (χ1v) is 12.8. The lowest BCUT2D eigenvalue weighted by Crippen LogP contribution is -2.37. The maximum absolute atomic E-state index is 11.8. The highest BCUT2D eigenvalue weighted by atomic mass is 127. The van der Waals surface area contributed by atoms with Crippen LogP contribution in [-0.4, -0.2) is 45.2 Å². The largest absolute Gasteiger partial charge is 0.357 e. The van der Waals surface area contributed by atoms with Crippen molar-refractivity contribution in [3.05, 3.63) is 64.7 Å². The second-order valence-corrected chi connectivity index (χ2v) is 9.63. The predicted molar refractivity (Wildman–Crippen MR) is 144 cm³/mol. The summed E-state index contributed by atoms with van der Waals surface area (Å²) in [4.78, 5) is 7.46. The molecule has 6 nitrogen and oxygen atoms in total. The zero-order valence-electron chi connectivity index (χ0n) is 19.8. The van der Waals surface area contributed by atoms with E-state index < -0.39 is 9.84 Å². The van der Waals surface area contributed by atoms with Gasteiger partial charge in [0.1, 0.15) is 0 Å². The van der Waals surface area contributed by atoms with Crippen molar-refractivity contribution < 1.29 is 8.42 Å². The van der Waals surface area contributed by atoms with Crippen LogP contribution in [0.25, 0.3) is 0 Å². The van der Waals surface area contributed by atoms with Gasteiger partial charge in [-0.3, -0.25) is 4.90 Å². The molecular weight excluding hydrogens is 535 g/mol. The van der Waals surface area contributed by atoms with Gasteiger partial charge in [-0.1, -0.05) is 50.2 Å². The zero-order chi connectivity index (χ0) is 22.9. The summed E-state index contributed by atoms with van der Waals surface area (Å²) in [5.74, 6) is 0.741. The van der Waals surface area contributed by atoms with Crippen LogP contribution in [0.1, 0.15) is 43.0 Å². The van der Waals surface area contributed by atoms with Crippen LogP contribution in [0.4, 0.5) is 0 Å². The first kappa shape index (κ1) is 28.4. The molecule has 2 rings (SSSR count). The molecule has 8 heteroatoms. The standard InChI is InChI=1S/C24H36N4O2S.HI/c1-6-25-24(26-16-20-13-14-23(19(4)15-20)31(5,29)30)27-17-21-11-9-10-12-22(21)18-28(7-2)8-3;/h9-15H,6-8,16-18H2,1-5H3,(H2,25,26,27);1H. The van der Waals surface area contributed by atoms with E-state index in [1.165, 1.54) is 17.4 Å². The molecule has 0 heterocycles. The molecule has 0 spiro atoms. The van der Waals surface area contributed by atoms with E-state index in [1.54, 1.807) is 6.07 Å². The lowest BCUT2D eigenvalue weighted by atomic mass is 10.1. The normalized spacial score (nSPS) is 11.9. The summed E-state index contributed by atoms with van der Waals surface area (Å²) in [6, 6.07) is 13.9. The first-order chi connectivity index (χ1) is 14.8. The average molecular weight is 573 g/mol. The molecule has 0 bridgehead atoms. The Morgan fingerprint density at radius 2 is 1.66 bits per heavy atom. The average Bonchev–Trinajstić information content (AvgIpc) is 2.73. The van der Waals surface area contributed by atoms with Crippen molar-refractivity contribution in [3.8, 4) is 0 Å². The number of hydrogen-bond acceptors (Lipinski definition) is 4. The third kappa shape index (κ3) is 8.71. The van der Waals surface area contributed by atoms with Gasteiger partial charge in [-0.05, 0) is 55.3 Å². The lowest BCUT2D eigenvalue weighted by Gasteiger charge is -2.20. The van der Waals surface area contributed by atoms with Crippen molar-refractivity contribution in [2.24, 2.45) is 4.99 Å². The maximum atomic E-state index is 11.8. The van der Waals surface area contributed by atoms with Crippen molar-refractivity contribution >= 4 is 39.8 Å². The fourth-order valence-electron chi connectivity index (χ4n) is 3.49. The van der Waals surface area contributed by atoms with Crippen LogP contribution in [-0.2, 0) is 29.5 Å². The molecule has 178 valence electrons. The molecule has 0 aliphatic heterocycles. The van der Waals surface area contributed by atoms with Crippen LogP contribution in [0.2, 0.25) is 0 Å². The molecule has 2 N–H and O–H groups in total. The summed E-state index contributed by atoms with van der Waals surface area (Å²) in [5.41, 5.74) is 4.30. The third-order valence-electron chi connectivity index (χ3n) is 5.26. The van der Waals surface area contributed by atoms with Gasteiger partial charge in [-0.2, -0.15) is 0 Å². The lowest BCUT2D eigenvalue weighted by molar-refractivity contribution is 0.295. The molecule has 0 atom stereocenters. The predicted octanol–water partition coefficient (Wildman–Crippen LogP) is 4.11. The quantitative estimate of drug-likeness (QED) is 0.255. The van der Waals surface area contributed by atoms with Crippen molar-refractivity contribution in [2.45, 2.75) is 52.2 Å². The fourth-order valence-corrected chi connectivity index (χ4v) is 4.45. The molecule has 0 unspecified atom stereocenters. The minimum atomic E-state index is -3.21. The summed E-state index contributed by atoms with van der Waals surface area (Å²) in [6.45, 7) is 13.1. The molecule has 0 aliphatic carbocycles. The monoisotopic (exact) mass is 572 g/mol. The summed E-state index contributed by atoms with van der Waals surface area (Å²) in [5, 5.41) is 6.72. The van der Waals surface area contributed by atoms with Crippen LogP contribution >= 0.6 is 24.0 Å². The fraction of sp³-hybridized carbons (Fsp3) is 0.458. The van der Waals surface area contributed by atoms with Crippen molar-refractivity contribution in [2.75, 3.05) is 25.9 Å². The van der Waals surface area contributed by atoms with Gasteiger partial charge in [-0.25, -0.2) is 13.4 Å². The number of aryl methyl sites for hydroxylation is 1. The number of halogens is 1. The number of benzene rings is 2. The summed E-state index contributed by atoms with van der Waals surface area (Å²) >= 11 is 0. The van der Waals surface area contributed by atoms with E-state index in [1.807, 2.05) is 26.0 Å². The Labute approximate surface area is 210 Å². The van der Waals surface area contributed by atoms with Crippen LogP contribution in [0.3, 0.4) is 0 Å². The Kier molecular flexibility index (Phi) is 12.2. The molecule has 0 saturated carbocycles. The summed E-state index contributed by atoms with van der Waals surface area (Å²) in [6.07, 6.45) is 1.23. The van der Waals surface area contributed by atoms with E-state index in [2.05, 4.69) is 58.6 Å². The highest BCUT2D eigenvalue weighted by Gasteiger charge is 2.11. The van der Waals surface area contributed by atoms with Crippen LogP contribution < -0.4 is 10.6 Å². The number of nitrogens with one attached hydrogen (secondary N) is 2. The number of sulfone groups is 1. The van der Waals surface area contributed by atoms with Crippen molar-refractivity contribution in [3.63, 3.8) is 0 Å². The third-order valence-corrected chi connectivity index (χ3v) is 6.51. The van der Waals surface area contributed by atoms with Gasteiger partial charge in [0, 0.05) is 25.9 Å². The maximum Gasteiger partial charge on any atom is 0.191 e. The van der Waals surface area contributed by atoms with E-state index >= 15 is 0 Å². The van der Waals surface area contributed by atoms with Gasteiger partial charge in [0.05, 0.1) is 11.4 Å². The molecule has 0 saturated heterocycles. The Morgan fingerprint density at radius 1 is 1.00 bits per heavy atom. The molecule has 0 aliphatic rings. The number of guanidine groups is 1. The van der Waals surface area contributed by atoms with Crippen LogP contribution in [0.15, 0.2) is 52.4 Å². The van der Waals surface area contributed by atoms with Gasteiger partial charge in [-0.15, -0.1) is 24.0 Å². The Bertz CT molecular complexity index is 989. The molecule has 32 heavy (non-hydrogen) atoms. The number of nitrogens with zero attached hydrogens (tertiary/aromatic N) is 2. The first-order valence-electron chi connectivity index (χ1n) is 10.9. The van der Waals surface area contributed by atoms with Gasteiger partial charge in [0.2, 0.25) is 0 Å². The second-order valence-electron chi connectivity index (χ2n) is 7.65. The number of aliphatic imine (C=N–C) groups is 1. The van der Waals surface area contributed by atoms with Crippen molar-refractivity contribution in [1.29, 1.82) is 0 Å². The highest BCUT2D eigenvalue weighted by Crippen LogP contribution is 2.17. The Hall–Kier alpha value is -1.65. The van der Waals surface area contributed by atoms with E-state index in [0.29, 0.717) is 18.0 Å². The molecule has 0 amide bonds. The SMILES string of the molecule is CCNC(=NCc1ccc(S(C)(=O)=O)c(C)c1)NCc1ccccc1CN(CC)CC.I. The zero-order valence-corrected chi connectivity index (χ0v) is 23.0. The van der Waals surface area contributed by atoms with E-state index in [-0.39, 0.29) is 24.0 Å². The molecule has 2 aromatic carbocycles. The Balaban J connectivity index is 0.00000512. The molecular formula is C24H37IN4O2S. The molecule has 0 aromatic heterocycles. The van der Waals surface area contributed by atoms with E-state index in [0.717, 1.165) is 43.3 Å². The summed E-state index contributed by atoms with van der Waals surface area (Å²) in [7, 11) is -3.21. The molecule has 0 fully saturated rings. The van der Waals surface area contributed by atoms with Crippen molar-refractivity contribution in [1.82, 2.24) is 15.5 Å². The summed E-state index contributed by atoms with van der Waals surface area (Å²) < 4.78 is 23.6. The number of hydrogen-bond donors (Lipinski definition) is 2. The topological polar surface area (TPSA) is 73.8 Å². The van der Waals surface area contributed by atoms with Gasteiger partial charge >= 0.3 is 0 Å². The number of rotatable bonds is 10. The Morgan fingerprint density at radius 3 is 2.22 bits per heavy atom. The minimum Gasteiger partial charge on any atom is -0.357 e. The van der Waals surface area contributed by atoms with Gasteiger partial charge in [0.25, 0.3) is 0 Å². The molecule has 0 radical (unpaired) electrons. The molecule has 2 aromatic rings. The minimum absolute atomic E-state index is 0. The van der Waals surface area contributed by atoms with Gasteiger partial charge in [0.15, 0.2) is 15.8 Å². The van der Waals surface area contributed by atoms with Gasteiger partial charge < -0.3 is 10.6 Å². The van der Waals surface area contributed by atoms with E-state index in [9.17, 15) is 8.42 Å². The van der Waals surface area contributed by atoms with E-state index in [4.69, 9.17) is 0 Å². The van der Waals surface area contributed by atoms with Crippen LogP contribution in [0, 0.1) is 6.92 Å². The van der Waals surface area contributed by atoms with Crippen LogP contribution in [0.5, 0.6) is 0 Å². The second kappa shape index (κ2) is 13.8. The highest BCUT2D eigenvalue weighted by molar-refractivity contribution is 14.0. The smallest absolute Gasteiger partial charge is 0.191 e.